The number of H-pyrrole nitrogens is 1. The Bertz CT molecular complexity index is 2490. The van der Waals surface area contributed by atoms with Gasteiger partial charge in [0.15, 0.2) is 11.9 Å². The van der Waals surface area contributed by atoms with Gasteiger partial charge in [-0.1, -0.05) is 60.7 Å². The summed E-state index contributed by atoms with van der Waals surface area (Å²) in [5.41, 5.74) is 24.6. The van der Waals surface area contributed by atoms with Gasteiger partial charge in [0, 0.05) is 56.1 Å². The first kappa shape index (κ1) is 46.8. The van der Waals surface area contributed by atoms with Crippen molar-refractivity contribution in [1.82, 2.24) is 36.1 Å². The van der Waals surface area contributed by atoms with E-state index in [0.29, 0.717) is 12.0 Å². The third kappa shape index (κ3) is 11.0. The first-order chi connectivity index (χ1) is 31.8. The fourth-order valence-electron chi connectivity index (χ4n) is 9.26. The second kappa shape index (κ2) is 21.2. The number of hydrogen-bond acceptors (Lipinski definition) is 9. The zero-order chi connectivity index (χ0) is 46.9. The lowest BCUT2D eigenvalue weighted by molar-refractivity contribution is -0.149. The first-order valence-corrected chi connectivity index (χ1v) is 22.4. The van der Waals surface area contributed by atoms with Crippen molar-refractivity contribution in [2.75, 3.05) is 26.2 Å². The molecule has 0 unspecified atom stereocenters. The van der Waals surface area contributed by atoms with Crippen molar-refractivity contribution >= 4 is 69.0 Å². The summed E-state index contributed by atoms with van der Waals surface area (Å²) < 4.78 is 0. The van der Waals surface area contributed by atoms with Crippen LogP contribution in [0.15, 0.2) is 82.9 Å². The van der Waals surface area contributed by atoms with Gasteiger partial charge in [0.2, 0.25) is 35.4 Å². The highest BCUT2D eigenvalue weighted by molar-refractivity contribution is 5.99. The van der Waals surface area contributed by atoms with E-state index in [0.717, 1.165) is 27.2 Å². The maximum atomic E-state index is 14.9. The molecule has 66 heavy (non-hydrogen) atoms. The molecular weight excluding hydrogens is 847 g/mol. The normalized spacial score (nSPS) is 24.4. The SMILES string of the molecule is NC(N)=NCCC[C@@H]1NC(=O)[C@@H](CCCN=C(N)N)NC(=O)[C@H](Cc2cccc3ccccc23)NC(=O)[C@H]2[C@@H](O)CCN2C(=O)[C@H]2CCCN2C(=O)[C@H](Cc2c[nH]c3ccccc23)NC1=O. The molecule has 20 nitrogen and oxygen atoms in total. The summed E-state index contributed by atoms with van der Waals surface area (Å²) in [6.07, 6.45) is 1.79. The van der Waals surface area contributed by atoms with E-state index in [2.05, 4.69) is 36.2 Å². The average molecular weight is 906 g/mol. The Morgan fingerprint density at radius 3 is 1.86 bits per heavy atom. The fraction of sp³-hybridized carbons (Fsp3) is 0.435. The number of aromatic amines is 1. The number of amides is 6. The summed E-state index contributed by atoms with van der Waals surface area (Å²) >= 11 is 0. The van der Waals surface area contributed by atoms with E-state index in [-0.39, 0.29) is 89.5 Å². The third-order valence-corrected chi connectivity index (χ3v) is 12.5. The van der Waals surface area contributed by atoms with Gasteiger partial charge in [0.25, 0.3) is 0 Å². The van der Waals surface area contributed by atoms with E-state index in [9.17, 15) is 33.9 Å². The molecule has 20 heteroatoms. The molecular formula is C46H59N13O7. The van der Waals surface area contributed by atoms with Crippen LogP contribution in [0.3, 0.4) is 0 Å². The topological polar surface area (TPSA) is 322 Å². The number of nitrogens with zero attached hydrogens (tertiary/aromatic N) is 4. The molecule has 4 aromatic rings. The van der Waals surface area contributed by atoms with Crippen LogP contribution in [0.2, 0.25) is 0 Å². The molecule has 0 bridgehead atoms. The van der Waals surface area contributed by atoms with E-state index in [4.69, 9.17) is 22.9 Å². The number of aliphatic hydroxyl groups excluding tert-OH is 1. The average Bonchev–Trinajstić information content (AvgIpc) is 4.06. The molecule has 3 aliphatic heterocycles. The van der Waals surface area contributed by atoms with Crippen LogP contribution in [-0.4, -0.2) is 136 Å². The number of aliphatic imine (C=N–C) groups is 2. The zero-order valence-corrected chi connectivity index (χ0v) is 36.7. The van der Waals surface area contributed by atoms with Gasteiger partial charge >= 0.3 is 0 Å². The molecule has 0 spiro atoms. The lowest BCUT2D eigenvalue weighted by atomic mass is 9.97. The minimum atomic E-state index is -1.39. The van der Waals surface area contributed by atoms with Crippen molar-refractivity contribution in [1.29, 1.82) is 0 Å². The lowest BCUT2D eigenvalue weighted by Gasteiger charge is -2.34. The molecule has 4 heterocycles. The number of aromatic nitrogens is 1. The molecule has 3 saturated heterocycles. The van der Waals surface area contributed by atoms with Crippen LogP contribution in [0.1, 0.15) is 56.1 Å². The van der Waals surface area contributed by atoms with E-state index in [1.54, 1.807) is 6.20 Å². The van der Waals surface area contributed by atoms with Gasteiger partial charge < -0.3 is 64.1 Å². The molecule has 0 radical (unpaired) electrons. The fourth-order valence-corrected chi connectivity index (χ4v) is 9.26. The third-order valence-electron chi connectivity index (χ3n) is 12.5. The number of carbonyl (C=O) groups excluding carboxylic acids is 6. The number of carbonyl (C=O) groups is 6. The molecule has 7 atom stereocenters. The second-order valence-corrected chi connectivity index (χ2v) is 17.1. The molecule has 3 aliphatic rings. The molecule has 0 aliphatic carbocycles. The largest absolute Gasteiger partial charge is 0.390 e. The van der Waals surface area contributed by atoms with Gasteiger partial charge in [-0.15, -0.1) is 0 Å². The molecule has 7 rings (SSSR count). The van der Waals surface area contributed by atoms with Crippen LogP contribution in [-0.2, 0) is 41.6 Å². The van der Waals surface area contributed by atoms with E-state index < -0.39 is 77.8 Å². The molecule has 1 aromatic heterocycles. The number of para-hydroxylation sites is 1. The zero-order valence-electron chi connectivity index (χ0n) is 36.7. The van der Waals surface area contributed by atoms with Crippen LogP contribution in [0.5, 0.6) is 0 Å². The maximum Gasteiger partial charge on any atom is 0.246 e. The van der Waals surface area contributed by atoms with Crippen LogP contribution < -0.4 is 44.2 Å². The smallest absolute Gasteiger partial charge is 0.246 e. The van der Waals surface area contributed by atoms with Crippen molar-refractivity contribution < 1.29 is 33.9 Å². The van der Waals surface area contributed by atoms with Crippen LogP contribution in [0.4, 0.5) is 0 Å². The van der Waals surface area contributed by atoms with Gasteiger partial charge in [-0.25, -0.2) is 0 Å². The standard InChI is InChI=1S/C46H59N13O7/c47-45(48)51-19-6-15-32-39(61)54-33(16-7-20-52-46(49)50)40(62)57-35(24-28-25-53-31-14-4-3-13-30(28)31)43(65)58-21-8-17-36(58)44(66)59-22-18-37(60)38(59)42(64)56-34(41(63)55-32)23-27-11-5-10-26-9-1-2-12-29(26)27/h1-5,9-14,25,32-38,53,60H,6-8,15-24H2,(H,54,61)(H,55,63)(H,56,64)(H,57,62)(H4,47,48,51)(H4,49,50,52)/t32-,33+,34+,35+,36-,37+,38-/m1/s1. The predicted molar refractivity (Wildman–Crippen MR) is 248 cm³/mol. The molecule has 350 valence electrons. The van der Waals surface area contributed by atoms with Gasteiger partial charge in [-0.05, 0) is 72.9 Å². The molecule has 3 aromatic carbocycles. The number of rotatable bonds is 12. The maximum absolute atomic E-state index is 14.9. The minimum absolute atomic E-state index is 0.00721. The first-order valence-electron chi connectivity index (χ1n) is 22.4. The summed E-state index contributed by atoms with van der Waals surface area (Å²) in [6.45, 7) is 0.443. The molecule has 3 fully saturated rings. The number of nitrogens with two attached hydrogens (primary N) is 4. The molecule has 6 amide bonds. The number of fused-ring (bicyclic) bond motifs is 4. The number of hydrogen-bond donors (Lipinski definition) is 10. The highest BCUT2D eigenvalue weighted by Crippen LogP contribution is 2.28. The highest BCUT2D eigenvalue weighted by Gasteiger charge is 2.47. The van der Waals surface area contributed by atoms with Gasteiger partial charge in [-0.2, -0.15) is 0 Å². The summed E-state index contributed by atoms with van der Waals surface area (Å²) in [5.74, 6) is -4.31. The minimum Gasteiger partial charge on any atom is -0.390 e. The van der Waals surface area contributed by atoms with Gasteiger partial charge in [0.1, 0.15) is 36.3 Å². The Labute approximate surface area is 381 Å². The Kier molecular flexibility index (Phi) is 15.0. The van der Waals surface area contributed by atoms with Crippen molar-refractivity contribution in [3.05, 3.63) is 84.1 Å². The van der Waals surface area contributed by atoms with Crippen molar-refractivity contribution in [2.45, 2.75) is 100 Å². The predicted octanol–water partition coefficient (Wildman–Crippen LogP) is -0.881. The number of benzene rings is 3. The summed E-state index contributed by atoms with van der Waals surface area (Å²) in [4.78, 5) is 102. The van der Waals surface area contributed by atoms with Crippen LogP contribution in [0, 0.1) is 0 Å². The van der Waals surface area contributed by atoms with Crippen LogP contribution >= 0.6 is 0 Å². The van der Waals surface area contributed by atoms with Crippen LogP contribution in [0.25, 0.3) is 21.7 Å². The van der Waals surface area contributed by atoms with E-state index in [1.807, 2.05) is 66.7 Å². The Hall–Kier alpha value is -7.22. The van der Waals surface area contributed by atoms with Gasteiger partial charge in [0.05, 0.1) is 6.10 Å². The van der Waals surface area contributed by atoms with Gasteiger partial charge in [-0.3, -0.25) is 38.8 Å². The van der Waals surface area contributed by atoms with Crippen molar-refractivity contribution in [3.8, 4) is 0 Å². The quantitative estimate of drug-likeness (QED) is 0.0473. The van der Waals surface area contributed by atoms with E-state index in [1.165, 1.54) is 9.80 Å². The summed E-state index contributed by atoms with van der Waals surface area (Å²) in [6, 6.07) is 13.2. The van der Waals surface area contributed by atoms with Crippen molar-refractivity contribution in [2.24, 2.45) is 32.9 Å². The lowest BCUT2D eigenvalue weighted by Crippen LogP contribution is -2.62. The molecule has 14 N–H and O–H groups in total. The molecule has 0 saturated carbocycles. The summed E-state index contributed by atoms with van der Waals surface area (Å²) in [7, 11) is 0. The number of nitrogens with one attached hydrogen (secondary N) is 5. The summed E-state index contributed by atoms with van der Waals surface area (Å²) in [5, 5.41) is 25.2. The Balaban J connectivity index is 1.29. The Morgan fingerprint density at radius 1 is 0.606 bits per heavy atom. The van der Waals surface area contributed by atoms with Crippen molar-refractivity contribution in [3.63, 3.8) is 0 Å². The highest BCUT2D eigenvalue weighted by atomic mass is 16.3. The Morgan fingerprint density at radius 2 is 1.18 bits per heavy atom. The van der Waals surface area contributed by atoms with E-state index >= 15 is 0 Å². The second-order valence-electron chi connectivity index (χ2n) is 17.1. The number of aliphatic hydroxyl groups is 1. The number of guanidine groups is 2. The monoisotopic (exact) mass is 905 g/mol.